The molecule has 5 nitrogen and oxygen atoms in total. The fraction of sp³-hybridized carbons (Fsp3) is 0.348. The molecule has 2 aliphatic heterocycles. The maximum atomic E-state index is 13.7. The van der Waals surface area contributed by atoms with Crippen molar-refractivity contribution in [2.45, 2.75) is 38.3 Å². The van der Waals surface area contributed by atoms with Crippen molar-refractivity contribution in [2.75, 3.05) is 6.61 Å². The number of nitrogens with zero attached hydrogens (tertiary/aromatic N) is 3. The highest BCUT2D eigenvalue weighted by Gasteiger charge is 2.47. The third-order valence-corrected chi connectivity index (χ3v) is 7.02. The molecule has 8 heteroatoms. The number of rotatable bonds is 5. The summed E-state index contributed by atoms with van der Waals surface area (Å²) < 4.78 is 32.3. The summed E-state index contributed by atoms with van der Waals surface area (Å²) in [5.41, 5.74) is 1.19. The predicted molar refractivity (Wildman–Crippen MR) is 113 cm³/mol. The van der Waals surface area contributed by atoms with E-state index in [1.54, 1.807) is 12.1 Å². The Morgan fingerprint density at radius 3 is 2.58 bits per heavy atom. The van der Waals surface area contributed by atoms with Crippen LogP contribution in [0.4, 0.5) is 8.78 Å². The molecule has 2 bridgehead atoms. The molecule has 6 rings (SSSR count). The summed E-state index contributed by atoms with van der Waals surface area (Å²) in [6, 6.07) is 9.00. The van der Waals surface area contributed by atoms with Gasteiger partial charge >= 0.3 is 0 Å². The molecule has 1 aromatic carbocycles. The van der Waals surface area contributed by atoms with Gasteiger partial charge in [0.1, 0.15) is 23.9 Å². The van der Waals surface area contributed by atoms with Crippen molar-refractivity contribution in [2.24, 2.45) is 5.92 Å². The van der Waals surface area contributed by atoms with Crippen molar-refractivity contribution in [3.63, 3.8) is 0 Å². The second kappa shape index (κ2) is 8.00. The number of benzene rings is 1. The van der Waals surface area contributed by atoms with Gasteiger partial charge in [0.25, 0.3) is 5.91 Å². The molecule has 0 spiro atoms. The van der Waals surface area contributed by atoms with Gasteiger partial charge in [-0.1, -0.05) is 12.1 Å². The number of aryl methyl sites for hydroxylation is 1. The van der Waals surface area contributed by atoms with Crippen molar-refractivity contribution in [3.05, 3.63) is 64.9 Å². The van der Waals surface area contributed by atoms with E-state index >= 15 is 0 Å². The van der Waals surface area contributed by atoms with E-state index in [2.05, 4.69) is 9.97 Å². The molecule has 1 atom stereocenters. The van der Waals surface area contributed by atoms with E-state index in [0.717, 1.165) is 40.9 Å². The quantitative estimate of drug-likeness (QED) is 0.567. The summed E-state index contributed by atoms with van der Waals surface area (Å²) in [6.07, 6.45) is 3.96. The summed E-state index contributed by atoms with van der Waals surface area (Å²) in [4.78, 5) is 24.8. The number of aromatic nitrogens is 2. The van der Waals surface area contributed by atoms with Gasteiger partial charge in [-0.2, -0.15) is 0 Å². The van der Waals surface area contributed by atoms with Gasteiger partial charge in [-0.25, -0.2) is 18.7 Å². The third kappa shape index (κ3) is 3.92. The molecule has 3 aliphatic rings. The molecule has 2 saturated heterocycles. The van der Waals surface area contributed by atoms with Crippen LogP contribution in [0.15, 0.2) is 42.6 Å². The van der Waals surface area contributed by atoms with Crippen LogP contribution >= 0.6 is 11.3 Å². The van der Waals surface area contributed by atoms with Crippen LogP contribution < -0.4 is 4.74 Å². The lowest BCUT2D eigenvalue weighted by atomic mass is 9.70. The number of fused-ring (bicyclic) bond motifs is 2. The molecular weight excluding hydrogens is 420 g/mol. The lowest BCUT2D eigenvalue weighted by molar-refractivity contribution is -0.0313. The zero-order valence-corrected chi connectivity index (χ0v) is 17.7. The van der Waals surface area contributed by atoms with Gasteiger partial charge in [0.2, 0.25) is 5.88 Å². The number of carbonyl (C=O) groups is 1. The molecule has 4 heterocycles. The largest absolute Gasteiger partial charge is 0.475 e. The zero-order chi connectivity index (χ0) is 21.5. The smallest absolute Gasteiger partial charge is 0.274 e. The number of amides is 1. The number of pyridine rings is 1. The van der Waals surface area contributed by atoms with Crippen LogP contribution in [-0.2, 0) is 0 Å². The van der Waals surface area contributed by atoms with Gasteiger partial charge in [0.05, 0.1) is 22.1 Å². The number of hydrogen-bond acceptors (Lipinski definition) is 5. The molecular formula is C23H21F2N3O2S. The first-order valence-corrected chi connectivity index (χ1v) is 11.1. The normalized spacial score (nSPS) is 22.2. The number of piperidine rings is 2. The van der Waals surface area contributed by atoms with Crippen LogP contribution in [0.2, 0.25) is 0 Å². The molecule has 1 amide bonds. The molecule has 3 fully saturated rings. The summed E-state index contributed by atoms with van der Waals surface area (Å²) in [7, 11) is 0. The topological polar surface area (TPSA) is 55.3 Å². The lowest BCUT2D eigenvalue weighted by Crippen LogP contribution is -2.60. The lowest BCUT2D eigenvalue weighted by Gasteiger charge is -2.53. The molecule has 31 heavy (non-hydrogen) atoms. The minimum absolute atomic E-state index is 0.0973. The van der Waals surface area contributed by atoms with Gasteiger partial charge in [-0.05, 0) is 55.9 Å². The fourth-order valence-electron chi connectivity index (χ4n) is 4.52. The molecule has 1 aliphatic carbocycles. The van der Waals surface area contributed by atoms with E-state index < -0.39 is 5.82 Å². The van der Waals surface area contributed by atoms with E-state index in [0.29, 0.717) is 24.1 Å². The van der Waals surface area contributed by atoms with Crippen molar-refractivity contribution in [1.29, 1.82) is 0 Å². The van der Waals surface area contributed by atoms with Crippen molar-refractivity contribution >= 4 is 17.2 Å². The van der Waals surface area contributed by atoms with E-state index in [4.69, 9.17) is 4.74 Å². The Morgan fingerprint density at radius 2 is 1.87 bits per heavy atom. The minimum atomic E-state index is -0.421. The van der Waals surface area contributed by atoms with Crippen LogP contribution in [0, 0.1) is 24.5 Å². The maximum absolute atomic E-state index is 13.7. The van der Waals surface area contributed by atoms with Gasteiger partial charge in [0, 0.05) is 12.1 Å². The van der Waals surface area contributed by atoms with E-state index in [-0.39, 0.29) is 23.8 Å². The van der Waals surface area contributed by atoms with Crippen LogP contribution in [0.5, 0.6) is 5.88 Å². The molecule has 0 radical (unpaired) electrons. The average molecular weight is 442 g/mol. The highest BCUT2D eigenvalue weighted by molar-refractivity contribution is 7.15. The molecule has 3 aromatic rings. The zero-order valence-electron chi connectivity index (χ0n) is 16.9. The molecule has 160 valence electrons. The Bertz CT molecular complexity index is 1100. The van der Waals surface area contributed by atoms with Gasteiger partial charge in [-0.3, -0.25) is 4.79 Å². The first kappa shape index (κ1) is 20.1. The van der Waals surface area contributed by atoms with E-state index in [9.17, 15) is 13.6 Å². The molecule has 1 unspecified atom stereocenters. The van der Waals surface area contributed by atoms with Crippen LogP contribution in [0.1, 0.15) is 34.8 Å². The van der Waals surface area contributed by atoms with Crippen molar-refractivity contribution < 1.29 is 18.3 Å². The number of carbonyl (C=O) groups excluding carboxylic acids is 1. The Morgan fingerprint density at radius 1 is 1.13 bits per heavy atom. The Balaban J connectivity index is 1.40. The second-order valence-electron chi connectivity index (χ2n) is 8.14. The highest BCUT2D eigenvalue weighted by Crippen LogP contribution is 2.44. The van der Waals surface area contributed by atoms with E-state index in [1.807, 2.05) is 11.8 Å². The number of thiazole rings is 1. The number of hydrogen-bond donors (Lipinski definition) is 0. The summed E-state index contributed by atoms with van der Waals surface area (Å²) in [5, 5.41) is 0.787. The SMILES string of the molecule is Cc1nc(C(=O)N2C(COc3ccc(F)cn3)CC3CC2C3)c(-c2ccc(F)cc2)s1. The monoisotopic (exact) mass is 441 g/mol. The van der Waals surface area contributed by atoms with Gasteiger partial charge in [0.15, 0.2) is 0 Å². The predicted octanol–water partition coefficient (Wildman–Crippen LogP) is 4.86. The van der Waals surface area contributed by atoms with Crippen LogP contribution in [0.3, 0.4) is 0 Å². The first-order valence-electron chi connectivity index (χ1n) is 10.3. The van der Waals surface area contributed by atoms with Crippen LogP contribution in [-0.4, -0.2) is 39.5 Å². The summed E-state index contributed by atoms with van der Waals surface area (Å²) >= 11 is 1.43. The first-order chi connectivity index (χ1) is 15.0. The van der Waals surface area contributed by atoms with Crippen LogP contribution in [0.25, 0.3) is 10.4 Å². The van der Waals surface area contributed by atoms with Gasteiger partial charge in [-0.15, -0.1) is 11.3 Å². The summed E-state index contributed by atoms with van der Waals surface area (Å²) in [5.74, 6) is 0.0749. The Kier molecular flexibility index (Phi) is 5.17. The standard InChI is InChI=1S/C23H21F2N3O2S/c1-13-27-21(22(31-13)15-2-4-16(24)5-3-15)23(29)28-18-8-14(9-18)10-19(28)12-30-20-7-6-17(25)11-26-20/h2-7,11,14,18-19H,8-10,12H2,1H3. The maximum Gasteiger partial charge on any atom is 0.274 e. The molecule has 1 saturated carbocycles. The number of ether oxygens (including phenoxy) is 1. The van der Waals surface area contributed by atoms with Crippen molar-refractivity contribution in [1.82, 2.24) is 14.9 Å². The Labute approximate surface area is 182 Å². The fourth-order valence-corrected chi connectivity index (χ4v) is 5.43. The highest BCUT2D eigenvalue weighted by atomic mass is 32.1. The second-order valence-corrected chi connectivity index (χ2v) is 9.34. The van der Waals surface area contributed by atoms with Gasteiger partial charge < -0.3 is 9.64 Å². The Hall–Kier alpha value is -2.87. The number of halogens is 2. The molecule has 2 aromatic heterocycles. The average Bonchev–Trinajstić information content (AvgIpc) is 3.14. The summed E-state index contributed by atoms with van der Waals surface area (Å²) in [6.45, 7) is 2.16. The minimum Gasteiger partial charge on any atom is -0.475 e. The van der Waals surface area contributed by atoms with Crippen molar-refractivity contribution in [3.8, 4) is 16.3 Å². The third-order valence-electron chi connectivity index (χ3n) is 6.00. The van der Waals surface area contributed by atoms with E-state index in [1.165, 1.54) is 35.6 Å². The molecule has 0 N–H and O–H groups in total.